The Balaban J connectivity index is 1.79. The van der Waals surface area contributed by atoms with Crippen LogP contribution in [0.5, 0.6) is 0 Å². The van der Waals surface area contributed by atoms with Crippen LogP contribution in [0.3, 0.4) is 0 Å². The molecule has 0 unspecified atom stereocenters. The molecule has 24 heavy (non-hydrogen) atoms. The molecule has 4 heteroatoms. The van der Waals surface area contributed by atoms with Crippen molar-refractivity contribution >= 4 is 11.9 Å². The van der Waals surface area contributed by atoms with E-state index in [0.29, 0.717) is 18.5 Å². The van der Waals surface area contributed by atoms with Crippen LogP contribution in [0.1, 0.15) is 89.9 Å². The third-order valence-corrected chi connectivity index (χ3v) is 6.58. The SMILES string of the molecule is O=C([O-])[C@@H]1CCCC[C@H]1C(=O)N(C1CCCCC1)C1CCCCC1. The van der Waals surface area contributed by atoms with Crippen molar-refractivity contribution in [3.8, 4) is 0 Å². The fourth-order valence-electron chi connectivity index (χ4n) is 5.28. The zero-order valence-electron chi connectivity index (χ0n) is 14.9. The Morgan fingerprint density at radius 2 is 1.04 bits per heavy atom. The highest BCUT2D eigenvalue weighted by Crippen LogP contribution is 2.36. The maximum absolute atomic E-state index is 13.4. The second kappa shape index (κ2) is 8.35. The fraction of sp³-hybridized carbons (Fsp3) is 0.900. The van der Waals surface area contributed by atoms with Crippen LogP contribution in [0.15, 0.2) is 0 Å². The number of carbonyl (C=O) groups excluding carboxylic acids is 2. The summed E-state index contributed by atoms with van der Waals surface area (Å²) in [6.07, 6.45) is 15.0. The Hall–Kier alpha value is -1.06. The molecule has 0 heterocycles. The predicted octanol–water partition coefficient (Wildman–Crippen LogP) is 3.04. The van der Waals surface area contributed by atoms with Crippen LogP contribution < -0.4 is 5.11 Å². The van der Waals surface area contributed by atoms with Gasteiger partial charge in [-0.25, -0.2) is 0 Å². The summed E-state index contributed by atoms with van der Waals surface area (Å²) in [5.74, 6) is -1.78. The summed E-state index contributed by atoms with van der Waals surface area (Å²) < 4.78 is 0. The van der Waals surface area contributed by atoms with E-state index in [2.05, 4.69) is 4.90 Å². The number of carboxylic acid groups (broad SMARTS) is 1. The van der Waals surface area contributed by atoms with E-state index in [1.807, 2.05) is 0 Å². The molecule has 0 aromatic rings. The minimum absolute atomic E-state index is 0.141. The first-order valence-electron chi connectivity index (χ1n) is 10.2. The van der Waals surface area contributed by atoms with Gasteiger partial charge in [0.25, 0.3) is 0 Å². The number of carboxylic acids is 1. The number of hydrogen-bond donors (Lipinski definition) is 0. The van der Waals surface area contributed by atoms with E-state index >= 15 is 0 Å². The first-order valence-corrected chi connectivity index (χ1v) is 10.2. The maximum Gasteiger partial charge on any atom is 0.226 e. The second-order valence-electron chi connectivity index (χ2n) is 8.15. The van der Waals surface area contributed by atoms with Gasteiger partial charge >= 0.3 is 0 Å². The van der Waals surface area contributed by atoms with Gasteiger partial charge in [-0.2, -0.15) is 0 Å². The zero-order valence-corrected chi connectivity index (χ0v) is 14.9. The van der Waals surface area contributed by atoms with E-state index < -0.39 is 11.9 Å². The van der Waals surface area contributed by atoms with Crippen LogP contribution in [0.4, 0.5) is 0 Å². The Bertz CT molecular complexity index is 420. The smallest absolute Gasteiger partial charge is 0.226 e. The van der Waals surface area contributed by atoms with E-state index in [-0.39, 0.29) is 11.8 Å². The topological polar surface area (TPSA) is 60.4 Å². The van der Waals surface area contributed by atoms with Crippen LogP contribution in [-0.2, 0) is 9.59 Å². The standard InChI is InChI=1S/C20H33NO3/c22-19(17-13-7-8-14-18(17)20(23)24)21(15-9-3-1-4-10-15)16-11-5-2-6-12-16/h15-18H,1-14H2,(H,23,24)/p-1/t17-,18-/m1/s1. The first-order chi connectivity index (χ1) is 11.7. The van der Waals surface area contributed by atoms with Crippen molar-refractivity contribution in [3.63, 3.8) is 0 Å². The van der Waals surface area contributed by atoms with E-state index in [1.54, 1.807) is 0 Å². The Morgan fingerprint density at radius 3 is 1.50 bits per heavy atom. The van der Waals surface area contributed by atoms with Crippen molar-refractivity contribution in [3.05, 3.63) is 0 Å². The molecule has 1 amide bonds. The van der Waals surface area contributed by atoms with Gasteiger partial charge in [0.15, 0.2) is 0 Å². The molecule has 0 spiro atoms. The molecule has 3 aliphatic carbocycles. The largest absolute Gasteiger partial charge is 0.550 e. The number of carbonyl (C=O) groups is 2. The number of hydrogen-bond acceptors (Lipinski definition) is 3. The van der Waals surface area contributed by atoms with E-state index in [1.165, 1.54) is 38.5 Å². The molecule has 2 atom stereocenters. The molecule has 0 saturated heterocycles. The minimum Gasteiger partial charge on any atom is -0.550 e. The molecule has 3 fully saturated rings. The zero-order chi connectivity index (χ0) is 16.9. The van der Waals surface area contributed by atoms with Crippen molar-refractivity contribution in [2.45, 2.75) is 102 Å². The van der Waals surface area contributed by atoms with Crippen molar-refractivity contribution in [1.82, 2.24) is 4.90 Å². The van der Waals surface area contributed by atoms with Gasteiger partial charge in [0, 0.05) is 29.9 Å². The minimum atomic E-state index is -1.01. The summed E-state index contributed by atoms with van der Waals surface area (Å²) in [4.78, 5) is 27.2. The summed E-state index contributed by atoms with van der Waals surface area (Å²) >= 11 is 0. The van der Waals surface area contributed by atoms with Crippen LogP contribution in [0.2, 0.25) is 0 Å². The molecule has 0 bridgehead atoms. The lowest BCUT2D eigenvalue weighted by atomic mass is 9.77. The summed E-state index contributed by atoms with van der Waals surface area (Å²) in [5, 5.41) is 11.6. The van der Waals surface area contributed by atoms with Gasteiger partial charge in [-0.15, -0.1) is 0 Å². The third-order valence-electron chi connectivity index (χ3n) is 6.58. The average molecular weight is 334 g/mol. The molecule has 3 saturated carbocycles. The molecule has 136 valence electrons. The normalized spacial score (nSPS) is 30.0. The molecule has 0 aliphatic heterocycles. The molecule has 3 aliphatic rings. The number of aliphatic carboxylic acids is 1. The summed E-state index contributed by atoms with van der Waals surface area (Å²) in [7, 11) is 0. The molecule has 0 aromatic heterocycles. The monoisotopic (exact) mass is 334 g/mol. The number of nitrogens with zero attached hydrogens (tertiary/aromatic N) is 1. The highest BCUT2D eigenvalue weighted by Gasteiger charge is 2.40. The summed E-state index contributed by atoms with van der Waals surface area (Å²) in [5.41, 5.74) is 0. The molecule has 3 rings (SSSR count). The van der Waals surface area contributed by atoms with Gasteiger partial charge in [0.05, 0.1) is 0 Å². The van der Waals surface area contributed by atoms with Crippen molar-refractivity contribution in [2.24, 2.45) is 11.8 Å². The molecule has 4 nitrogen and oxygen atoms in total. The quantitative estimate of drug-likeness (QED) is 0.794. The van der Waals surface area contributed by atoms with Gasteiger partial charge in [-0.05, 0) is 38.5 Å². The molecular formula is C20H32NO3-. The lowest BCUT2D eigenvalue weighted by Gasteiger charge is -2.45. The first kappa shape index (κ1) is 17.8. The van der Waals surface area contributed by atoms with Crippen LogP contribution in [-0.4, -0.2) is 28.9 Å². The summed E-state index contributed by atoms with van der Waals surface area (Å²) in [6, 6.07) is 0.692. The molecule has 0 radical (unpaired) electrons. The number of amides is 1. The number of rotatable bonds is 4. The van der Waals surface area contributed by atoms with Gasteiger partial charge < -0.3 is 14.8 Å². The second-order valence-corrected chi connectivity index (χ2v) is 8.15. The maximum atomic E-state index is 13.4. The van der Waals surface area contributed by atoms with Crippen molar-refractivity contribution < 1.29 is 14.7 Å². The highest BCUT2D eigenvalue weighted by atomic mass is 16.4. The van der Waals surface area contributed by atoms with Gasteiger partial charge in [0.2, 0.25) is 5.91 Å². The summed E-state index contributed by atoms with van der Waals surface area (Å²) in [6.45, 7) is 0. The third kappa shape index (κ3) is 3.94. The van der Waals surface area contributed by atoms with Gasteiger partial charge in [-0.3, -0.25) is 4.79 Å². The van der Waals surface area contributed by atoms with E-state index in [9.17, 15) is 14.7 Å². The average Bonchev–Trinajstić information content (AvgIpc) is 2.63. The Labute approximate surface area is 146 Å². The lowest BCUT2D eigenvalue weighted by Crippen LogP contribution is -2.54. The Morgan fingerprint density at radius 1 is 0.625 bits per heavy atom. The van der Waals surface area contributed by atoms with Crippen molar-refractivity contribution in [1.29, 1.82) is 0 Å². The molecule has 0 aromatic carbocycles. The fourth-order valence-corrected chi connectivity index (χ4v) is 5.28. The Kier molecular flexibility index (Phi) is 6.18. The van der Waals surface area contributed by atoms with Crippen LogP contribution in [0, 0.1) is 11.8 Å². The molecule has 0 N–H and O–H groups in total. The molecular weight excluding hydrogens is 302 g/mol. The lowest BCUT2D eigenvalue weighted by molar-refractivity contribution is -0.314. The van der Waals surface area contributed by atoms with Gasteiger partial charge in [-0.1, -0.05) is 51.4 Å². The van der Waals surface area contributed by atoms with Gasteiger partial charge in [0.1, 0.15) is 0 Å². The van der Waals surface area contributed by atoms with Crippen molar-refractivity contribution in [2.75, 3.05) is 0 Å². The van der Waals surface area contributed by atoms with E-state index in [4.69, 9.17) is 0 Å². The van der Waals surface area contributed by atoms with E-state index in [0.717, 1.165) is 44.9 Å². The van der Waals surface area contributed by atoms with Crippen LogP contribution in [0.25, 0.3) is 0 Å². The van der Waals surface area contributed by atoms with Crippen LogP contribution >= 0.6 is 0 Å². The predicted molar refractivity (Wildman–Crippen MR) is 91.0 cm³/mol. The highest BCUT2D eigenvalue weighted by molar-refractivity contribution is 5.85.